The third-order valence-corrected chi connectivity index (χ3v) is 2.74. The first kappa shape index (κ1) is 14.6. The Morgan fingerprint density at radius 1 is 1.14 bits per heavy atom. The average Bonchev–Trinajstić information content (AvgIpc) is 2.53. The Kier molecular flexibility index (Phi) is 4.61. The number of carbonyl (C=O) groups excluding carboxylic acids is 2. The molecule has 0 bridgehead atoms. The number of methoxy groups -OCH3 is 1. The van der Waals surface area contributed by atoms with Crippen molar-refractivity contribution in [1.29, 1.82) is 0 Å². The van der Waals surface area contributed by atoms with E-state index in [2.05, 4.69) is 15.0 Å². The van der Waals surface area contributed by atoms with E-state index >= 15 is 0 Å². The Bertz CT molecular complexity index is 656. The maximum absolute atomic E-state index is 12.8. The van der Waals surface area contributed by atoms with Crippen LogP contribution in [-0.4, -0.2) is 24.0 Å². The summed E-state index contributed by atoms with van der Waals surface area (Å²) in [5.74, 6) is -1.37. The molecule has 1 aromatic carbocycles. The second-order valence-electron chi connectivity index (χ2n) is 4.21. The van der Waals surface area contributed by atoms with E-state index in [0.29, 0.717) is 0 Å². The molecule has 0 aliphatic heterocycles. The summed E-state index contributed by atoms with van der Waals surface area (Å²) in [6.45, 7) is 0.239. The number of amides is 1. The van der Waals surface area contributed by atoms with Gasteiger partial charge in [-0.3, -0.25) is 4.79 Å². The highest BCUT2D eigenvalue weighted by molar-refractivity contribution is 5.94. The van der Waals surface area contributed by atoms with Crippen LogP contribution in [0.3, 0.4) is 0 Å². The van der Waals surface area contributed by atoms with Crippen molar-refractivity contribution >= 4 is 11.9 Å². The fraction of sp³-hybridized carbons (Fsp3) is 0.133. The molecule has 0 saturated heterocycles. The number of benzene rings is 1. The number of hydrogen-bond acceptors (Lipinski definition) is 4. The zero-order valence-corrected chi connectivity index (χ0v) is 11.3. The lowest BCUT2D eigenvalue weighted by atomic mass is 10.2. The van der Waals surface area contributed by atoms with Gasteiger partial charge in [-0.15, -0.1) is 0 Å². The molecule has 21 heavy (non-hydrogen) atoms. The molecule has 0 aliphatic carbocycles. The van der Waals surface area contributed by atoms with Crippen molar-refractivity contribution in [2.45, 2.75) is 6.54 Å². The molecule has 6 heteroatoms. The monoisotopic (exact) mass is 288 g/mol. The quantitative estimate of drug-likeness (QED) is 0.873. The molecule has 0 spiro atoms. The molecule has 0 saturated carbocycles. The lowest BCUT2D eigenvalue weighted by Crippen LogP contribution is -2.24. The second-order valence-corrected chi connectivity index (χ2v) is 4.21. The van der Waals surface area contributed by atoms with Crippen LogP contribution in [-0.2, 0) is 11.3 Å². The third-order valence-electron chi connectivity index (χ3n) is 2.74. The van der Waals surface area contributed by atoms with Gasteiger partial charge in [-0.25, -0.2) is 14.2 Å². The number of carbonyl (C=O) groups is 2. The Morgan fingerprint density at radius 2 is 1.81 bits per heavy atom. The summed E-state index contributed by atoms with van der Waals surface area (Å²) < 4.78 is 17.3. The normalized spacial score (nSPS) is 10.0. The summed E-state index contributed by atoms with van der Waals surface area (Å²) in [5.41, 5.74) is 0.931. The van der Waals surface area contributed by atoms with Gasteiger partial charge in [0.05, 0.1) is 7.11 Å². The van der Waals surface area contributed by atoms with Crippen LogP contribution in [0, 0.1) is 5.82 Å². The number of esters is 1. The van der Waals surface area contributed by atoms with E-state index in [1.807, 2.05) is 0 Å². The maximum Gasteiger partial charge on any atom is 0.356 e. The molecule has 1 amide bonds. The molecular formula is C15H13FN2O3. The van der Waals surface area contributed by atoms with Crippen molar-refractivity contribution in [3.05, 3.63) is 65.2 Å². The van der Waals surface area contributed by atoms with Gasteiger partial charge < -0.3 is 10.1 Å². The summed E-state index contributed by atoms with van der Waals surface area (Å²) in [6.07, 6.45) is 0. The van der Waals surface area contributed by atoms with Gasteiger partial charge in [0.15, 0.2) is 0 Å². The van der Waals surface area contributed by atoms with Gasteiger partial charge in [0, 0.05) is 6.54 Å². The highest BCUT2D eigenvalue weighted by Crippen LogP contribution is 2.04. The number of aromatic nitrogens is 1. The van der Waals surface area contributed by atoms with E-state index < -0.39 is 11.9 Å². The summed E-state index contributed by atoms with van der Waals surface area (Å²) in [5, 5.41) is 2.64. The van der Waals surface area contributed by atoms with Gasteiger partial charge in [0.25, 0.3) is 5.91 Å². The highest BCUT2D eigenvalue weighted by Gasteiger charge is 2.12. The molecule has 0 aliphatic rings. The summed E-state index contributed by atoms with van der Waals surface area (Å²) in [6, 6.07) is 10.3. The van der Waals surface area contributed by atoms with E-state index in [-0.39, 0.29) is 23.7 Å². The molecule has 108 valence electrons. The fourth-order valence-electron chi connectivity index (χ4n) is 1.65. The predicted octanol–water partition coefficient (Wildman–Crippen LogP) is 1.94. The lowest BCUT2D eigenvalue weighted by molar-refractivity contribution is 0.0594. The topological polar surface area (TPSA) is 68.3 Å². The van der Waals surface area contributed by atoms with Crippen LogP contribution in [0.2, 0.25) is 0 Å². The molecule has 0 unspecified atom stereocenters. The zero-order chi connectivity index (χ0) is 15.2. The van der Waals surface area contributed by atoms with Crippen LogP contribution in [0.5, 0.6) is 0 Å². The van der Waals surface area contributed by atoms with Crippen molar-refractivity contribution in [1.82, 2.24) is 10.3 Å². The van der Waals surface area contributed by atoms with E-state index in [9.17, 15) is 14.0 Å². The molecule has 0 fully saturated rings. The molecule has 2 aromatic rings. The average molecular weight is 288 g/mol. The van der Waals surface area contributed by atoms with Gasteiger partial charge >= 0.3 is 5.97 Å². The van der Waals surface area contributed by atoms with E-state index in [0.717, 1.165) is 5.56 Å². The Balaban J connectivity index is 2.03. The number of rotatable bonds is 4. The molecule has 5 nitrogen and oxygen atoms in total. The lowest BCUT2D eigenvalue weighted by Gasteiger charge is -2.06. The molecule has 2 rings (SSSR count). The molecular weight excluding hydrogens is 275 g/mol. The first-order chi connectivity index (χ1) is 10.1. The first-order valence-corrected chi connectivity index (χ1v) is 6.18. The largest absolute Gasteiger partial charge is 0.464 e. The van der Waals surface area contributed by atoms with Crippen molar-refractivity contribution < 1.29 is 18.7 Å². The number of nitrogens with one attached hydrogen (secondary N) is 1. The minimum Gasteiger partial charge on any atom is -0.464 e. The summed E-state index contributed by atoms with van der Waals surface area (Å²) >= 11 is 0. The SMILES string of the molecule is COC(=O)c1cccc(C(=O)NCc2ccc(F)cc2)n1. The van der Waals surface area contributed by atoms with Gasteiger partial charge in [0.1, 0.15) is 17.2 Å². The standard InChI is InChI=1S/C15H13FN2O3/c1-21-15(20)13-4-2-3-12(18-13)14(19)17-9-10-5-7-11(16)8-6-10/h2-8H,9H2,1H3,(H,17,19). The second kappa shape index (κ2) is 6.60. The van der Waals surface area contributed by atoms with Crippen LogP contribution in [0.25, 0.3) is 0 Å². The molecule has 1 N–H and O–H groups in total. The van der Waals surface area contributed by atoms with Gasteiger partial charge in [-0.2, -0.15) is 0 Å². The highest BCUT2D eigenvalue weighted by atomic mass is 19.1. The molecule has 0 radical (unpaired) electrons. The summed E-state index contributed by atoms with van der Waals surface area (Å²) in [7, 11) is 1.24. The molecule has 1 heterocycles. The number of halogens is 1. The number of hydrogen-bond donors (Lipinski definition) is 1. The van der Waals surface area contributed by atoms with Gasteiger partial charge in [0.2, 0.25) is 0 Å². The Morgan fingerprint density at radius 3 is 2.48 bits per heavy atom. The first-order valence-electron chi connectivity index (χ1n) is 6.18. The van der Waals surface area contributed by atoms with E-state index in [1.165, 1.54) is 31.4 Å². The Hall–Kier alpha value is -2.76. The fourth-order valence-corrected chi connectivity index (χ4v) is 1.65. The number of ether oxygens (including phenoxy) is 1. The predicted molar refractivity (Wildman–Crippen MR) is 73.1 cm³/mol. The van der Waals surface area contributed by atoms with Crippen LogP contribution >= 0.6 is 0 Å². The zero-order valence-electron chi connectivity index (χ0n) is 11.3. The maximum atomic E-state index is 12.8. The van der Waals surface area contributed by atoms with Crippen LogP contribution < -0.4 is 5.32 Å². The van der Waals surface area contributed by atoms with Gasteiger partial charge in [-0.05, 0) is 29.8 Å². The third kappa shape index (κ3) is 3.85. The number of nitrogens with zero attached hydrogens (tertiary/aromatic N) is 1. The molecule has 1 aromatic heterocycles. The van der Waals surface area contributed by atoms with Crippen molar-refractivity contribution in [3.63, 3.8) is 0 Å². The minimum absolute atomic E-state index is 0.0620. The van der Waals surface area contributed by atoms with E-state index in [1.54, 1.807) is 18.2 Å². The van der Waals surface area contributed by atoms with Crippen LogP contribution in [0.15, 0.2) is 42.5 Å². The van der Waals surface area contributed by atoms with Gasteiger partial charge in [-0.1, -0.05) is 18.2 Å². The van der Waals surface area contributed by atoms with Crippen molar-refractivity contribution in [3.8, 4) is 0 Å². The molecule has 0 atom stereocenters. The Labute approximate surface area is 120 Å². The van der Waals surface area contributed by atoms with Crippen molar-refractivity contribution in [2.24, 2.45) is 0 Å². The van der Waals surface area contributed by atoms with Crippen molar-refractivity contribution in [2.75, 3.05) is 7.11 Å². The van der Waals surface area contributed by atoms with E-state index in [4.69, 9.17) is 0 Å². The smallest absolute Gasteiger partial charge is 0.356 e. The summed E-state index contributed by atoms with van der Waals surface area (Å²) in [4.78, 5) is 27.2. The van der Waals surface area contributed by atoms with Crippen LogP contribution in [0.4, 0.5) is 4.39 Å². The minimum atomic E-state index is -0.608. The number of pyridine rings is 1. The van der Waals surface area contributed by atoms with Crippen LogP contribution in [0.1, 0.15) is 26.5 Å².